The summed E-state index contributed by atoms with van der Waals surface area (Å²) < 4.78 is 10.5. The molecule has 0 atom stereocenters. The minimum atomic E-state index is -0.190. The van der Waals surface area contributed by atoms with Crippen LogP contribution in [0.2, 0.25) is 0 Å². The van der Waals surface area contributed by atoms with Gasteiger partial charge >= 0.3 is 0 Å². The number of carbonyl (C=O) groups excluding carboxylic acids is 1. The third kappa shape index (κ3) is 3.41. The summed E-state index contributed by atoms with van der Waals surface area (Å²) >= 11 is 0. The predicted octanol–water partition coefficient (Wildman–Crippen LogP) is 2.47. The second-order valence-electron chi connectivity index (χ2n) is 4.54. The van der Waals surface area contributed by atoms with E-state index in [2.05, 4.69) is 6.07 Å². The summed E-state index contributed by atoms with van der Waals surface area (Å²) in [5.74, 6) is 0.749. The molecular weight excluding hydrogens is 256 g/mol. The van der Waals surface area contributed by atoms with E-state index in [1.54, 1.807) is 23.1 Å². The second-order valence-corrected chi connectivity index (χ2v) is 4.54. The third-order valence-corrected chi connectivity index (χ3v) is 2.99. The van der Waals surface area contributed by atoms with E-state index >= 15 is 0 Å². The van der Waals surface area contributed by atoms with Gasteiger partial charge in [0.15, 0.2) is 0 Å². The SMILES string of the molecule is COc1cccc(OC)c1C(=O)N(CCC#N)C(C)C. The van der Waals surface area contributed by atoms with Gasteiger partial charge in [0, 0.05) is 12.6 Å². The molecule has 20 heavy (non-hydrogen) atoms. The first-order chi connectivity index (χ1) is 9.56. The van der Waals surface area contributed by atoms with E-state index in [1.165, 1.54) is 14.2 Å². The zero-order chi connectivity index (χ0) is 15.1. The summed E-state index contributed by atoms with van der Waals surface area (Å²) in [5.41, 5.74) is 0.393. The number of hydrogen-bond donors (Lipinski definition) is 0. The van der Waals surface area contributed by atoms with Crippen LogP contribution in [0.15, 0.2) is 18.2 Å². The Bertz CT molecular complexity index is 484. The van der Waals surface area contributed by atoms with Gasteiger partial charge in [-0.15, -0.1) is 0 Å². The van der Waals surface area contributed by atoms with Crippen LogP contribution in [-0.2, 0) is 0 Å². The molecule has 0 aliphatic rings. The smallest absolute Gasteiger partial charge is 0.261 e. The molecule has 108 valence electrons. The van der Waals surface area contributed by atoms with E-state index in [-0.39, 0.29) is 11.9 Å². The van der Waals surface area contributed by atoms with Gasteiger partial charge in [0.25, 0.3) is 5.91 Å². The van der Waals surface area contributed by atoms with E-state index < -0.39 is 0 Å². The van der Waals surface area contributed by atoms with Gasteiger partial charge in [0.05, 0.1) is 26.7 Å². The fourth-order valence-corrected chi connectivity index (χ4v) is 1.97. The van der Waals surface area contributed by atoms with Crippen molar-refractivity contribution >= 4 is 5.91 Å². The van der Waals surface area contributed by atoms with E-state index in [0.717, 1.165) is 0 Å². The van der Waals surface area contributed by atoms with E-state index in [1.807, 2.05) is 13.8 Å². The molecule has 0 aliphatic heterocycles. The Morgan fingerprint density at radius 3 is 2.25 bits per heavy atom. The van der Waals surface area contributed by atoms with E-state index in [0.29, 0.717) is 30.0 Å². The molecule has 0 saturated carbocycles. The van der Waals surface area contributed by atoms with Crippen molar-refractivity contribution < 1.29 is 14.3 Å². The number of methoxy groups -OCH3 is 2. The minimum Gasteiger partial charge on any atom is -0.496 e. The fraction of sp³-hybridized carbons (Fsp3) is 0.467. The first-order valence-electron chi connectivity index (χ1n) is 6.45. The van der Waals surface area contributed by atoms with Crippen LogP contribution in [-0.4, -0.2) is 37.6 Å². The monoisotopic (exact) mass is 276 g/mol. The van der Waals surface area contributed by atoms with Crippen LogP contribution in [0, 0.1) is 11.3 Å². The maximum Gasteiger partial charge on any atom is 0.261 e. The van der Waals surface area contributed by atoms with Crippen LogP contribution in [0.4, 0.5) is 0 Å². The number of benzene rings is 1. The van der Waals surface area contributed by atoms with Gasteiger partial charge in [-0.25, -0.2) is 0 Å². The van der Waals surface area contributed by atoms with Gasteiger partial charge in [0.1, 0.15) is 17.1 Å². The maximum absolute atomic E-state index is 12.7. The number of hydrogen-bond acceptors (Lipinski definition) is 4. The van der Waals surface area contributed by atoms with Crippen LogP contribution in [0.25, 0.3) is 0 Å². The molecule has 0 radical (unpaired) electrons. The average molecular weight is 276 g/mol. The Labute approximate surface area is 119 Å². The molecule has 0 aromatic heterocycles. The molecule has 0 unspecified atom stereocenters. The Hall–Kier alpha value is -2.22. The van der Waals surface area contributed by atoms with Gasteiger partial charge in [-0.3, -0.25) is 4.79 Å². The fourth-order valence-electron chi connectivity index (χ4n) is 1.97. The Morgan fingerprint density at radius 1 is 1.30 bits per heavy atom. The molecule has 0 saturated heterocycles. The highest BCUT2D eigenvalue weighted by Crippen LogP contribution is 2.30. The summed E-state index contributed by atoms with van der Waals surface area (Å²) in [6, 6.07) is 7.26. The molecule has 1 aromatic rings. The Kier molecular flexibility index (Phi) is 5.85. The summed E-state index contributed by atoms with van der Waals surface area (Å²) in [6.45, 7) is 4.21. The molecule has 0 heterocycles. The standard InChI is InChI=1S/C15H20N2O3/c1-11(2)17(10-6-9-16)15(18)14-12(19-3)7-5-8-13(14)20-4/h5,7-8,11H,6,10H2,1-4H3. The lowest BCUT2D eigenvalue weighted by atomic mass is 10.1. The highest BCUT2D eigenvalue weighted by molar-refractivity contribution is 5.99. The molecular formula is C15H20N2O3. The second kappa shape index (κ2) is 7.39. The lowest BCUT2D eigenvalue weighted by Crippen LogP contribution is -2.38. The number of nitrogens with zero attached hydrogens (tertiary/aromatic N) is 2. The molecule has 0 fully saturated rings. The third-order valence-electron chi connectivity index (χ3n) is 2.99. The van der Waals surface area contributed by atoms with Crippen LogP contribution >= 0.6 is 0 Å². The molecule has 1 aromatic carbocycles. The molecule has 0 spiro atoms. The van der Waals surface area contributed by atoms with Gasteiger partial charge in [-0.2, -0.15) is 5.26 Å². The van der Waals surface area contributed by atoms with E-state index in [9.17, 15) is 4.79 Å². The van der Waals surface area contributed by atoms with Crippen LogP contribution < -0.4 is 9.47 Å². The number of amides is 1. The maximum atomic E-state index is 12.7. The first-order valence-corrected chi connectivity index (χ1v) is 6.45. The van der Waals surface area contributed by atoms with Crippen molar-refractivity contribution in [3.05, 3.63) is 23.8 Å². The summed E-state index contributed by atoms with van der Waals surface area (Å²) in [7, 11) is 3.03. The van der Waals surface area contributed by atoms with Crippen molar-refractivity contribution in [2.24, 2.45) is 0 Å². The molecule has 1 amide bonds. The minimum absolute atomic E-state index is 0.00883. The average Bonchev–Trinajstić information content (AvgIpc) is 2.45. The van der Waals surface area contributed by atoms with Crippen molar-refractivity contribution in [1.82, 2.24) is 4.90 Å². The number of nitriles is 1. The van der Waals surface area contributed by atoms with Gasteiger partial charge < -0.3 is 14.4 Å². The highest BCUT2D eigenvalue weighted by atomic mass is 16.5. The van der Waals surface area contributed by atoms with Crippen molar-refractivity contribution in [1.29, 1.82) is 5.26 Å². The molecule has 0 bridgehead atoms. The summed E-state index contributed by atoms with van der Waals surface area (Å²) in [4.78, 5) is 14.4. The highest BCUT2D eigenvalue weighted by Gasteiger charge is 2.25. The zero-order valence-electron chi connectivity index (χ0n) is 12.3. The zero-order valence-corrected chi connectivity index (χ0v) is 12.3. The molecule has 5 heteroatoms. The lowest BCUT2D eigenvalue weighted by Gasteiger charge is -2.27. The largest absolute Gasteiger partial charge is 0.496 e. The van der Waals surface area contributed by atoms with Crippen LogP contribution in [0.1, 0.15) is 30.6 Å². The number of carbonyl (C=O) groups is 1. The molecule has 0 N–H and O–H groups in total. The Morgan fingerprint density at radius 2 is 1.85 bits per heavy atom. The summed E-state index contributed by atoms with van der Waals surface area (Å²) in [5, 5.41) is 8.71. The molecule has 5 nitrogen and oxygen atoms in total. The molecule has 0 aliphatic carbocycles. The van der Waals surface area contributed by atoms with E-state index in [4.69, 9.17) is 14.7 Å². The van der Waals surface area contributed by atoms with Crippen LogP contribution in [0.5, 0.6) is 11.5 Å². The lowest BCUT2D eigenvalue weighted by molar-refractivity contribution is 0.0703. The first kappa shape index (κ1) is 15.8. The predicted molar refractivity (Wildman–Crippen MR) is 75.9 cm³/mol. The topological polar surface area (TPSA) is 62.6 Å². The summed E-state index contributed by atoms with van der Waals surface area (Å²) in [6.07, 6.45) is 0.293. The number of ether oxygens (including phenoxy) is 2. The van der Waals surface area contributed by atoms with Gasteiger partial charge in [0.2, 0.25) is 0 Å². The number of rotatable bonds is 6. The quantitative estimate of drug-likeness (QED) is 0.800. The van der Waals surface area contributed by atoms with Crippen molar-refractivity contribution in [2.75, 3.05) is 20.8 Å². The van der Waals surface area contributed by atoms with Crippen LogP contribution in [0.3, 0.4) is 0 Å². The Balaban J connectivity index is 3.20. The van der Waals surface area contributed by atoms with Crippen molar-refractivity contribution in [3.8, 4) is 17.6 Å². The molecule has 1 rings (SSSR count). The normalized spacial score (nSPS) is 10.0. The van der Waals surface area contributed by atoms with Crippen molar-refractivity contribution in [2.45, 2.75) is 26.3 Å². The van der Waals surface area contributed by atoms with Gasteiger partial charge in [-0.05, 0) is 26.0 Å². The van der Waals surface area contributed by atoms with Gasteiger partial charge in [-0.1, -0.05) is 6.07 Å². The van der Waals surface area contributed by atoms with Crippen molar-refractivity contribution in [3.63, 3.8) is 0 Å².